The van der Waals surface area contributed by atoms with Gasteiger partial charge in [-0.1, -0.05) is 66.5 Å². The molecule has 1 aliphatic rings. The molecule has 0 atom stereocenters. The molecule has 3 aromatic heterocycles. The maximum absolute atomic E-state index is 15.3. The van der Waals surface area contributed by atoms with E-state index in [1.165, 1.54) is 35.8 Å². The molecule has 63 heavy (non-hydrogen) atoms. The van der Waals surface area contributed by atoms with Gasteiger partial charge in [-0.2, -0.15) is 0 Å². The summed E-state index contributed by atoms with van der Waals surface area (Å²) in [7, 11) is 1.34. The lowest BCUT2D eigenvalue weighted by Gasteiger charge is -2.29. The molecular formula is C48H51ClFN5O6S2. The Kier molecular flexibility index (Phi) is 15.1. The van der Waals surface area contributed by atoms with E-state index in [0.717, 1.165) is 63.9 Å². The van der Waals surface area contributed by atoms with Gasteiger partial charge in [0, 0.05) is 41.7 Å². The van der Waals surface area contributed by atoms with Crippen LogP contribution in [-0.2, 0) is 40.1 Å². The zero-order valence-corrected chi connectivity index (χ0v) is 38.3. The fourth-order valence-corrected chi connectivity index (χ4v) is 9.72. The number of esters is 2. The van der Waals surface area contributed by atoms with Crippen molar-refractivity contribution in [3.63, 3.8) is 0 Å². The van der Waals surface area contributed by atoms with Crippen molar-refractivity contribution in [3.05, 3.63) is 117 Å². The third kappa shape index (κ3) is 12.0. The van der Waals surface area contributed by atoms with Gasteiger partial charge in [-0.05, 0) is 118 Å². The van der Waals surface area contributed by atoms with Crippen LogP contribution in [0.15, 0.2) is 72.9 Å². The van der Waals surface area contributed by atoms with Crippen molar-refractivity contribution in [2.75, 3.05) is 30.5 Å². The third-order valence-electron chi connectivity index (χ3n) is 10.5. The van der Waals surface area contributed by atoms with Crippen LogP contribution in [0.1, 0.15) is 108 Å². The molecule has 1 aliphatic heterocycles. The zero-order chi connectivity index (χ0) is 44.5. The summed E-state index contributed by atoms with van der Waals surface area (Å²) in [4.78, 5) is 55.0. The lowest BCUT2D eigenvalue weighted by Crippen LogP contribution is -2.32. The summed E-state index contributed by atoms with van der Waals surface area (Å²) in [5.74, 6) is -0.807. The molecule has 330 valence electrons. The summed E-state index contributed by atoms with van der Waals surface area (Å²) in [5.41, 5.74) is 4.71. The quantitative estimate of drug-likeness (QED) is 0.0656. The second-order valence-corrected chi connectivity index (χ2v) is 18.9. The number of nitrogens with zero attached hydrogens (tertiary/aromatic N) is 4. The number of aryl methyl sites for hydroxylation is 2. The van der Waals surface area contributed by atoms with Crippen molar-refractivity contribution < 1.29 is 33.0 Å². The van der Waals surface area contributed by atoms with E-state index in [-0.39, 0.29) is 23.3 Å². The molecular weight excluding hydrogens is 861 g/mol. The predicted octanol–water partition coefficient (Wildman–Crippen LogP) is 11.4. The molecule has 0 fully saturated rings. The van der Waals surface area contributed by atoms with Gasteiger partial charge in [0.05, 0.1) is 29.0 Å². The Labute approximate surface area is 380 Å². The van der Waals surface area contributed by atoms with Gasteiger partial charge in [0.1, 0.15) is 22.9 Å². The smallest absolute Gasteiger partial charge is 0.357 e. The Morgan fingerprint density at radius 2 is 1.73 bits per heavy atom. The lowest BCUT2D eigenvalue weighted by molar-refractivity contribution is -0.154. The van der Waals surface area contributed by atoms with Gasteiger partial charge in [0.15, 0.2) is 16.0 Å². The minimum Gasteiger partial charge on any atom is -0.494 e. The topological polar surface area (TPSA) is 133 Å². The van der Waals surface area contributed by atoms with Crippen LogP contribution >= 0.6 is 34.3 Å². The van der Waals surface area contributed by atoms with Crippen molar-refractivity contribution in [1.29, 1.82) is 0 Å². The number of rotatable bonds is 18. The number of methoxy groups -OCH3 is 1. The molecule has 15 heteroatoms. The Hall–Kier alpha value is -5.44. The summed E-state index contributed by atoms with van der Waals surface area (Å²) < 4.78 is 32.8. The van der Waals surface area contributed by atoms with Gasteiger partial charge in [-0.3, -0.25) is 19.9 Å². The Balaban J connectivity index is 0.903. The first-order valence-corrected chi connectivity index (χ1v) is 23.3. The number of carbonyl (C=O) groups excluding carboxylic acids is 3. The molecule has 11 nitrogen and oxygen atoms in total. The summed E-state index contributed by atoms with van der Waals surface area (Å²) in [6.07, 6.45) is 9.26. The maximum atomic E-state index is 15.3. The number of carbonyl (C=O) groups is 3. The van der Waals surface area contributed by atoms with Crippen molar-refractivity contribution in [2.45, 2.75) is 97.1 Å². The summed E-state index contributed by atoms with van der Waals surface area (Å²) in [6.45, 7) is 7.07. The van der Waals surface area contributed by atoms with Gasteiger partial charge in [0.25, 0.3) is 5.91 Å². The zero-order valence-electron chi connectivity index (χ0n) is 35.9. The van der Waals surface area contributed by atoms with Gasteiger partial charge in [0.2, 0.25) is 0 Å². The first kappa shape index (κ1) is 45.6. The second kappa shape index (κ2) is 20.8. The number of hydrogen-bond acceptors (Lipinski definition) is 12. The van der Waals surface area contributed by atoms with Gasteiger partial charge in [-0.25, -0.2) is 19.2 Å². The van der Waals surface area contributed by atoms with Crippen LogP contribution in [0, 0.1) is 5.82 Å². The standard InChI is InChI=1S/C48H51ClFN5O6S2/c1-48(2,3)61-41(56)20-9-7-5-6-8-14-30-26-37(50)42(51-28-30)34-22-21-32(27-36(34)49)60-25-13-19-40-43(45(58)59-4)53-47(63-40)55-24-23-31-15-12-16-33(35(31)29-55)44(57)54-46-52-38-17-10-11-18-39(38)62-46/h10-12,15-18,21-22,26-28H,5-9,13-14,19-20,23-25,29H2,1-4H3,(H,52,54,57). The Morgan fingerprint density at radius 3 is 2.51 bits per heavy atom. The van der Waals surface area contributed by atoms with Crippen LogP contribution in [0.2, 0.25) is 5.02 Å². The number of amides is 1. The molecule has 0 spiro atoms. The highest BCUT2D eigenvalue weighted by Gasteiger charge is 2.27. The molecule has 4 heterocycles. The minimum atomic E-state index is -0.512. The molecule has 0 saturated heterocycles. The fraction of sp³-hybridized carbons (Fsp3) is 0.375. The van der Waals surface area contributed by atoms with E-state index in [9.17, 15) is 14.4 Å². The first-order chi connectivity index (χ1) is 30.3. The summed E-state index contributed by atoms with van der Waals surface area (Å²) in [5, 5.41) is 4.53. The van der Waals surface area contributed by atoms with E-state index in [4.69, 9.17) is 30.8 Å². The number of nitrogens with one attached hydrogen (secondary N) is 1. The van der Waals surface area contributed by atoms with Crippen molar-refractivity contribution in [2.24, 2.45) is 0 Å². The molecule has 3 aromatic carbocycles. The van der Waals surface area contributed by atoms with Gasteiger partial charge < -0.3 is 19.1 Å². The average molecular weight is 913 g/mol. The number of fused-ring (bicyclic) bond motifs is 2. The highest BCUT2D eigenvalue weighted by atomic mass is 35.5. The Morgan fingerprint density at radius 1 is 0.921 bits per heavy atom. The number of unbranched alkanes of at least 4 members (excludes halogenated alkanes) is 4. The molecule has 0 aliphatic carbocycles. The Bertz CT molecular complexity index is 2560. The highest BCUT2D eigenvalue weighted by molar-refractivity contribution is 7.22. The number of halogens is 2. The van der Waals surface area contributed by atoms with Crippen molar-refractivity contribution in [1.82, 2.24) is 15.0 Å². The van der Waals surface area contributed by atoms with E-state index in [2.05, 4.69) is 20.2 Å². The van der Waals surface area contributed by atoms with Crippen LogP contribution in [0.5, 0.6) is 5.75 Å². The molecule has 0 saturated carbocycles. The van der Waals surface area contributed by atoms with E-state index in [0.29, 0.717) is 84.0 Å². The van der Waals surface area contributed by atoms with Gasteiger partial charge in [-0.15, -0.1) is 11.3 Å². The van der Waals surface area contributed by atoms with Crippen LogP contribution in [0.4, 0.5) is 14.7 Å². The number of para-hydroxylation sites is 1. The summed E-state index contributed by atoms with van der Waals surface area (Å²) >= 11 is 9.50. The molecule has 1 amide bonds. The van der Waals surface area contributed by atoms with E-state index in [1.54, 1.807) is 24.4 Å². The monoisotopic (exact) mass is 911 g/mol. The molecule has 1 N–H and O–H groups in total. The number of aromatic nitrogens is 3. The van der Waals surface area contributed by atoms with E-state index < -0.39 is 17.4 Å². The third-order valence-corrected chi connectivity index (χ3v) is 13.0. The van der Waals surface area contributed by atoms with E-state index in [1.807, 2.05) is 63.2 Å². The molecule has 7 rings (SSSR count). The predicted molar refractivity (Wildman–Crippen MR) is 248 cm³/mol. The first-order valence-electron chi connectivity index (χ1n) is 21.2. The second-order valence-electron chi connectivity index (χ2n) is 16.4. The number of ether oxygens (including phenoxy) is 3. The average Bonchev–Trinajstić information content (AvgIpc) is 3.88. The largest absolute Gasteiger partial charge is 0.494 e. The van der Waals surface area contributed by atoms with Crippen LogP contribution in [-0.4, -0.2) is 58.7 Å². The maximum Gasteiger partial charge on any atom is 0.357 e. The number of hydrogen-bond donors (Lipinski definition) is 1. The molecule has 0 radical (unpaired) electrons. The normalized spacial score (nSPS) is 12.6. The van der Waals surface area contributed by atoms with Crippen LogP contribution in [0.3, 0.4) is 0 Å². The van der Waals surface area contributed by atoms with Crippen molar-refractivity contribution in [3.8, 4) is 17.0 Å². The lowest BCUT2D eigenvalue weighted by atomic mass is 9.94. The number of anilines is 2. The fourth-order valence-electron chi connectivity index (χ4n) is 7.48. The number of pyridine rings is 1. The highest BCUT2D eigenvalue weighted by Crippen LogP contribution is 2.35. The number of thiazole rings is 2. The van der Waals surface area contributed by atoms with Gasteiger partial charge >= 0.3 is 11.9 Å². The van der Waals surface area contributed by atoms with E-state index >= 15 is 4.39 Å². The summed E-state index contributed by atoms with van der Waals surface area (Å²) in [6, 6.07) is 20.2. The van der Waals surface area contributed by atoms with Crippen LogP contribution < -0.4 is 15.0 Å². The van der Waals surface area contributed by atoms with Crippen LogP contribution in [0.25, 0.3) is 21.5 Å². The molecule has 0 unspecified atom stereocenters. The molecule has 0 bridgehead atoms. The minimum absolute atomic E-state index is 0.162. The SMILES string of the molecule is COC(=O)c1nc(N2CCc3cccc(C(=O)Nc4nc5ccccc5s4)c3C2)sc1CCCOc1ccc(-c2ncc(CCCCCCCC(=O)OC(C)(C)C)cc2F)c(Cl)c1. The van der Waals surface area contributed by atoms with Crippen molar-refractivity contribution >= 4 is 72.6 Å². The number of benzene rings is 3. The molecule has 6 aromatic rings.